The van der Waals surface area contributed by atoms with Gasteiger partial charge in [-0.25, -0.2) is 4.79 Å². The van der Waals surface area contributed by atoms with Crippen LogP contribution < -0.4 is 5.32 Å². The van der Waals surface area contributed by atoms with Gasteiger partial charge in [0.15, 0.2) is 0 Å². The molecule has 5 heteroatoms. The van der Waals surface area contributed by atoms with E-state index in [9.17, 15) is 13.6 Å². The summed E-state index contributed by atoms with van der Waals surface area (Å²) in [5.41, 5.74) is 0. The van der Waals surface area contributed by atoms with Crippen LogP contribution in [0, 0.1) is 0 Å². The summed E-state index contributed by atoms with van der Waals surface area (Å²) < 4.78 is 29.7. The normalized spacial score (nSPS) is 26.1. The largest absolute Gasteiger partial charge is 0.456 e. The third-order valence-corrected chi connectivity index (χ3v) is 1.86. The van der Waals surface area contributed by atoms with Crippen LogP contribution in [0.3, 0.4) is 0 Å². The minimum atomic E-state index is -3.28. The predicted octanol–water partition coefficient (Wildman–Crippen LogP) is 0.937. The first-order valence-corrected chi connectivity index (χ1v) is 4.36. The lowest BCUT2D eigenvalue weighted by molar-refractivity contribution is -0.158. The molecule has 1 N–H and O–H groups in total. The number of hydrogen-bond acceptors (Lipinski definition) is 3. The summed E-state index contributed by atoms with van der Waals surface area (Å²) in [4.78, 5) is 10.5. The molecule has 1 rings (SSSR count). The van der Waals surface area contributed by atoms with E-state index in [2.05, 4.69) is 10.1 Å². The zero-order chi connectivity index (χ0) is 9.90. The zero-order valence-electron chi connectivity index (χ0n) is 7.48. The van der Waals surface area contributed by atoms with Crippen molar-refractivity contribution >= 4 is 5.97 Å². The highest BCUT2D eigenvalue weighted by Crippen LogP contribution is 2.30. The van der Waals surface area contributed by atoms with Crippen LogP contribution in [0.4, 0.5) is 8.78 Å². The highest BCUT2D eigenvalue weighted by atomic mass is 19.3. The highest BCUT2D eigenvalue weighted by molar-refractivity contribution is 5.79. The molecular formula is C8H13F2NO2. The van der Waals surface area contributed by atoms with E-state index in [-0.39, 0.29) is 0 Å². The number of carbonyl (C=O) groups excluding carboxylic acids is 1. The molecule has 0 bridgehead atoms. The minimum absolute atomic E-state index is 0.315. The molecule has 0 aromatic heterocycles. The summed E-state index contributed by atoms with van der Waals surface area (Å²) in [5.74, 6) is -4.67. The molecule has 0 aromatic rings. The number of cyclic esters (lactones) is 1. The van der Waals surface area contributed by atoms with Crippen molar-refractivity contribution in [1.82, 2.24) is 5.32 Å². The van der Waals surface area contributed by atoms with Gasteiger partial charge in [0.05, 0.1) is 6.42 Å². The van der Waals surface area contributed by atoms with Crippen LogP contribution in [0.25, 0.3) is 0 Å². The van der Waals surface area contributed by atoms with E-state index in [1.807, 2.05) is 6.92 Å². The molecule has 3 nitrogen and oxygen atoms in total. The lowest BCUT2D eigenvalue weighted by Crippen LogP contribution is -2.27. The standard InChI is InChI=1S/C8H13F2NO2/c1-2-3-11-5-6-4-8(9,10)7(12)13-6/h6,11H,2-5H2,1H3. The summed E-state index contributed by atoms with van der Waals surface area (Å²) in [5, 5.41) is 2.92. The molecule has 1 heterocycles. The van der Waals surface area contributed by atoms with Gasteiger partial charge < -0.3 is 10.1 Å². The maximum Gasteiger partial charge on any atom is 0.377 e. The molecule has 0 spiro atoms. The Morgan fingerprint density at radius 1 is 1.69 bits per heavy atom. The third-order valence-electron chi connectivity index (χ3n) is 1.86. The smallest absolute Gasteiger partial charge is 0.377 e. The number of esters is 1. The third kappa shape index (κ3) is 2.62. The Kier molecular flexibility index (Phi) is 3.19. The number of halogens is 2. The lowest BCUT2D eigenvalue weighted by Gasteiger charge is -2.08. The Labute approximate surface area is 75.4 Å². The molecule has 1 unspecified atom stereocenters. The number of rotatable bonds is 4. The Bertz CT molecular complexity index is 197. The van der Waals surface area contributed by atoms with Crippen LogP contribution in [0.5, 0.6) is 0 Å². The van der Waals surface area contributed by atoms with E-state index in [1.165, 1.54) is 0 Å². The van der Waals surface area contributed by atoms with E-state index in [0.717, 1.165) is 13.0 Å². The Balaban J connectivity index is 2.28. The van der Waals surface area contributed by atoms with Gasteiger partial charge in [-0.15, -0.1) is 0 Å². The average molecular weight is 193 g/mol. The molecule has 1 aliphatic rings. The van der Waals surface area contributed by atoms with Gasteiger partial charge in [0, 0.05) is 6.54 Å². The molecule has 0 aromatic carbocycles. The molecule has 1 saturated heterocycles. The fourth-order valence-electron chi connectivity index (χ4n) is 1.20. The summed E-state index contributed by atoms with van der Waals surface area (Å²) in [6.45, 7) is 3.04. The van der Waals surface area contributed by atoms with Crippen LogP contribution in [0.1, 0.15) is 19.8 Å². The second-order valence-corrected chi connectivity index (χ2v) is 3.14. The molecule has 0 saturated carbocycles. The Morgan fingerprint density at radius 3 is 2.85 bits per heavy atom. The molecule has 1 atom stereocenters. The molecule has 13 heavy (non-hydrogen) atoms. The van der Waals surface area contributed by atoms with Gasteiger partial charge in [0.2, 0.25) is 0 Å². The van der Waals surface area contributed by atoms with Crippen molar-refractivity contribution in [3.63, 3.8) is 0 Å². The van der Waals surface area contributed by atoms with Gasteiger partial charge in [-0.1, -0.05) is 6.92 Å². The van der Waals surface area contributed by atoms with Crippen molar-refractivity contribution < 1.29 is 18.3 Å². The summed E-state index contributed by atoms with van der Waals surface area (Å²) in [6.07, 6.45) is -0.242. The van der Waals surface area contributed by atoms with Crippen LogP contribution in [0.2, 0.25) is 0 Å². The van der Waals surface area contributed by atoms with E-state index in [4.69, 9.17) is 0 Å². The summed E-state index contributed by atoms with van der Waals surface area (Å²) in [7, 11) is 0. The predicted molar refractivity (Wildman–Crippen MR) is 42.6 cm³/mol. The topological polar surface area (TPSA) is 38.3 Å². The monoisotopic (exact) mass is 193 g/mol. The lowest BCUT2D eigenvalue weighted by atomic mass is 10.2. The van der Waals surface area contributed by atoms with Crippen LogP contribution >= 0.6 is 0 Å². The summed E-state index contributed by atoms with van der Waals surface area (Å²) >= 11 is 0. The van der Waals surface area contributed by atoms with Crippen molar-refractivity contribution in [2.24, 2.45) is 0 Å². The van der Waals surface area contributed by atoms with Crippen LogP contribution in [-0.2, 0) is 9.53 Å². The van der Waals surface area contributed by atoms with Crippen molar-refractivity contribution in [3.05, 3.63) is 0 Å². The maximum atomic E-state index is 12.6. The SMILES string of the molecule is CCCNCC1CC(F)(F)C(=O)O1. The number of hydrogen-bond donors (Lipinski definition) is 1. The molecular weight excluding hydrogens is 180 g/mol. The van der Waals surface area contributed by atoms with E-state index < -0.39 is 24.4 Å². The quantitative estimate of drug-likeness (QED) is 0.533. The number of nitrogens with one attached hydrogen (secondary N) is 1. The highest BCUT2D eigenvalue weighted by Gasteiger charge is 2.50. The fraction of sp³-hybridized carbons (Fsp3) is 0.875. The first-order valence-electron chi connectivity index (χ1n) is 4.36. The van der Waals surface area contributed by atoms with E-state index in [1.54, 1.807) is 0 Å². The van der Waals surface area contributed by atoms with Crippen molar-refractivity contribution in [2.45, 2.75) is 31.8 Å². The van der Waals surface area contributed by atoms with Crippen LogP contribution in [0.15, 0.2) is 0 Å². The molecule has 1 aliphatic heterocycles. The molecule has 0 aliphatic carbocycles. The van der Waals surface area contributed by atoms with E-state index in [0.29, 0.717) is 6.54 Å². The second-order valence-electron chi connectivity index (χ2n) is 3.14. The Morgan fingerprint density at radius 2 is 2.38 bits per heavy atom. The van der Waals surface area contributed by atoms with Crippen molar-refractivity contribution in [1.29, 1.82) is 0 Å². The van der Waals surface area contributed by atoms with Crippen molar-refractivity contribution in [3.8, 4) is 0 Å². The first kappa shape index (κ1) is 10.4. The average Bonchev–Trinajstić information content (AvgIpc) is 2.27. The minimum Gasteiger partial charge on any atom is -0.456 e. The van der Waals surface area contributed by atoms with Gasteiger partial charge in [0.1, 0.15) is 6.10 Å². The number of carbonyl (C=O) groups is 1. The molecule has 76 valence electrons. The summed E-state index contributed by atoms with van der Waals surface area (Å²) in [6, 6.07) is 0. The number of alkyl halides is 2. The van der Waals surface area contributed by atoms with Crippen LogP contribution in [-0.4, -0.2) is 31.1 Å². The first-order chi connectivity index (χ1) is 6.06. The van der Waals surface area contributed by atoms with Gasteiger partial charge in [-0.3, -0.25) is 0 Å². The van der Waals surface area contributed by atoms with Gasteiger partial charge >= 0.3 is 11.9 Å². The Hall–Kier alpha value is -0.710. The van der Waals surface area contributed by atoms with E-state index >= 15 is 0 Å². The van der Waals surface area contributed by atoms with Gasteiger partial charge in [-0.2, -0.15) is 8.78 Å². The molecule has 1 fully saturated rings. The van der Waals surface area contributed by atoms with Crippen molar-refractivity contribution in [2.75, 3.05) is 13.1 Å². The molecule has 0 amide bonds. The van der Waals surface area contributed by atoms with Gasteiger partial charge in [0.25, 0.3) is 0 Å². The zero-order valence-corrected chi connectivity index (χ0v) is 7.48. The molecule has 0 radical (unpaired) electrons. The second kappa shape index (κ2) is 4.00. The fourth-order valence-corrected chi connectivity index (χ4v) is 1.20. The number of ether oxygens (including phenoxy) is 1. The maximum absolute atomic E-state index is 12.6. The van der Waals surface area contributed by atoms with Gasteiger partial charge in [-0.05, 0) is 13.0 Å².